The molecule has 0 aromatic heterocycles. The van der Waals surface area contributed by atoms with E-state index in [9.17, 15) is 14.4 Å². The van der Waals surface area contributed by atoms with Crippen LogP contribution in [0.15, 0.2) is 59.8 Å². The van der Waals surface area contributed by atoms with E-state index in [0.717, 1.165) is 24.0 Å². The minimum atomic E-state index is -0.475. The van der Waals surface area contributed by atoms with E-state index in [1.807, 2.05) is 30.3 Å². The van der Waals surface area contributed by atoms with Gasteiger partial charge in [0.05, 0.1) is 18.7 Å². The van der Waals surface area contributed by atoms with Crippen LogP contribution >= 0.6 is 11.6 Å². The third-order valence-corrected chi connectivity index (χ3v) is 6.39. The number of halogens is 1. The molecule has 1 N–H and O–H groups in total. The standard InChI is InChI=1S/C26H27ClN2O4/c1-3-33-26(32)24-16(2)29(23(30)14-21(24)20-9-4-5-10-22(20)27)15-17-7-6-8-18(13-17)25(31)28-19-11-12-19/h4-10,13,19,21H,3,11-12,14-15H2,1-2H3,(H,28,31). The molecular formula is C26H27ClN2O4. The van der Waals surface area contributed by atoms with E-state index in [0.29, 0.717) is 21.9 Å². The molecule has 2 aliphatic rings. The summed E-state index contributed by atoms with van der Waals surface area (Å²) >= 11 is 6.42. The van der Waals surface area contributed by atoms with Gasteiger partial charge in [-0.2, -0.15) is 0 Å². The van der Waals surface area contributed by atoms with Crippen molar-refractivity contribution in [1.82, 2.24) is 10.2 Å². The van der Waals surface area contributed by atoms with Crippen LogP contribution in [0.2, 0.25) is 5.02 Å². The van der Waals surface area contributed by atoms with Gasteiger partial charge in [-0.05, 0) is 56.0 Å². The molecule has 1 heterocycles. The molecule has 2 aromatic rings. The molecule has 1 aliphatic heterocycles. The molecule has 6 nitrogen and oxygen atoms in total. The Kier molecular flexibility index (Phi) is 6.84. The number of hydrogen-bond donors (Lipinski definition) is 1. The van der Waals surface area contributed by atoms with Crippen molar-refractivity contribution >= 4 is 29.4 Å². The fourth-order valence-corrected chi connectivity index (χ4v) is 4.46. The molecule has 2 aromatic carbocycles. The number of esters is 1. The molecule has 0 spiro atoms. The summed E-state index contributed by atoms with van der Waals surface area (Å²) in [5.41, 5.74) is 3.08. The van der Waals surface area contributed by atoms with E-state index in [1.54, 1.807) is 36.9 Å². The van der Waals surface area contributed by atoms with Crippen molar-refractivity contribution < 1.29 is 19.1 Å². The first-order chi connectivity index (χ1) is 15.9. The average molecular weight is 467 g/mol. The summed E-state index contributed by atoms with van der Waals surface area (Å²) in [4.78, 5) is 40.2. The van der Waals surface area contributed by atoms with Gasteiger partial charge in [-0.25, -0.2) is 4.79 Å². The van der Waals surface area contributed by atoms with E-state index in [4.69, 9.17) is 16.3 Å². The second kappa shape index (κ2) is 9.79. The molecule has 1 aliphatic carbocycles. The third kappa shape index (κ3) is 5.11. The van der Waals surface area contributed by atoms with E-state index >= 15 is 0 Å². The highest BCUT2D eigenvalue weighted by Crippen LogP contribution is 2.40. The van der Waals surface area contributed by atoms with E-state index in [-0.39, 0.29) is 37.4 Å². The molecule has 0 bridgehead atoms. The molecule has 172 valence electrons. The maximum absolute atomic E-state index is 13.2. The summed E-state index contributed by atoms with van der Waals surface area (Å²) in [6.45, 7) is 4.00. The number of allylic oxidation sites excluding steroid dienone is 1. The SMILES string of the molecule is CCOC(=O)C1=C(C)N(Cc2cccc(C(=O)NC3CC3)c2)C(=O)CC1c1ccccc1Cl. The molecule has 1 unspecified atom stereocenters. The number of nitrogens with one attached hydrogen (secondary N) is 1. The lowest BCUT2D eigenvalue weighted by Crippen LogP contribution is -2.38. The number of benzene rings is 2. The fraction of sp³-hybridized carbons (Fsp3) is 0.346. The molecule has 4 rings (SSSR count). The van der Waals surface area contributed by atoms with Crippen molar-refractivity contribution in [3.05, 3.63) is 81.5 Å². The van der Waals surface area contributed by atoms with E-state index in [2.05, 4.69) is 5.32 Å². The van der Waals surface area contributed by atoms with Crippen LogP contribution in [-0.4, -0.2) is 35.3 Å². The lowest BCUT2D eigenvalue weighted by atomic mass is 9.83. The Hall–Kier alpha value is -3.12. The average Bonchev–Trinajstić information content (AvgIpc) is 3.61. The molecular weight excluding hydrogens is 440 g/mol. The zero-order chi connectivity index (χ0) is 23.5. The topological polar surface area (TPSA) is 75.7 Å². The maximum Gasteiger partial charge on any atom is 0.336 e. The zero-order valence-corrected chi connectivity index (χ0v) is 19.5. The summed E-state index contributed by atoms with van der Waals surface area (Å²) in [5, 5.41) is 3.49. The molecule has 1 atom stereocenters. The highest BCUT2D eigenvalue weighted by molar-refractivity contribution is 6.31. The Morgan fingerprint density at radius 1 is 1.15 bits per heavy atom. The van der Waals surface area contributed by atoms with Crippen molar-refractivity contribution in [2.45, 2.75) is 51.6 Å². The molecule has 1 fully saturated rings. The second-order valence-electron chi connectivity index (χ2n) is 8.43. The number of rotatable bonds is 7. The number of carbonyl (C=O) groups excluding carboxylic acids is 3. The van der Waals surface area contributed by atoms with Gasteiger partial charge >= 0.3 is 5.97 Å². The number of hydrogen-bond acceptors (Lipinski definition) is 4. The van der Waals surface area contributed by atoms with Gasteiger partial charge in [-0.1, -0.05) is 41.9 Å². The molecule has 0 saturated heterocycles. The maximum atomic E-state index is 13.2. The summed E-state index contributed by atoms with van der Waals surface area (Å²) in [6.07, 6.45) is 2.14. The van der Waals surface area contributed by atoms with Crippen LogP contribution in [0.3, 0.4) is 0 Å². The Morgan fingerprint density at radius 3 is 2.61 bits per heavy atom. The van der Waals surface area contributed by atoms with Crippen molar-refractivity contribution in [2.75, 3.05) is 6.61 Å². The first kappa shape index (κ1) is 23.1. The quantitative estimate of drug-likeness (QED) is 0.606. The Labute approximate surface area is 198 Å². The van der Waals surface area contributed by atoms with Crippen LogP contribution in [0.5, 0.6) is 0 Å². The molecule has 2 amide bonds. The number of nitrogens with zero attached hydrogens (tertiary/aromatic N) is 1. The smallest absolute Gasteiger partial charge is 0.336 e. The Bertz CT molecular complexity index is 1120. The van der Waals surface area contributed by atoms with Crippen molar-refractivity contribution in [3.63, 3.8) is 0 Å². The van der Waals surface area contributed by atoms with Crippen LogP contribution in [0.25, 0.3) is 0 Å². The van der Waals surface area contributed by atoms with Gasteiger partial charge in [-0.3, -0.25) is 9.59 Å². The predicted molar refractivity (Wildman–Crippen MR) is 126 cm³/mol. The molecule has 1 saturated carbocycles. The zero-order valence-electron chi connectivity index (χ0n) is 18.8. The van der Waals surface area contributed by atoms with Crippen molar-refractivity contribution in [1.29, 1.82) is 0 Å². The minimum absolute atomic E-state index is 0.108. The highest BCUT2D eigenvalue weighted by atomic mass is 35.5. The highest BCUT2D eigenvalue weighted by Gasteiger charge is 2.37. The van der Waals surface area contributed by atoms with Crippen LogP contribution < -0.4 is 5.32 Å². The summed E-state index contributed by atoms with van der Waals surface area (Å²) in [5.74, 6) is -1.15. The van der Waals surface area contributed by atoms with Gasteiger partial charge in [0.1, 0.15) is 0 Å². The van der Waals surface area contributed by atoms with Gasteiger partial charge in [0.25, 0.3) is 5.91 Å². The van der Waals surface area contributed by atoms with Crippen LogP contribution in [0.1, 0.15) is 60.5 Å². The summed E-state index contributed by atoms with van der Waals surface area (Å²) in [6, 6.07) is 14.8. The van der Waals surface area contributed by atoms with E-state index < -0.39 is 11.9 Å². The van der Waals surface area contributed by atoms with E-state index in [1.165, 1.54) is 0 Å². The monoisotopic (exact) mass is 466 g/mol. The molecule has 7 heteroatoms. The normalized spacial score (nSPS) is 18.3. The lowest BCUT2D eigenvalue weighted by molar-refractivity contribution is -0.140. The summed E-state index contributed by atoms with van der Waals surface area (Å²) in [7, 11) is 0. The lowest BCUT2D eigenvalue weighted by Gasteiger charge is -2.34. The minimum Gasteiger partial charge on any atom is -0.463 e. The Morgan fingerprint density at radius 2 is 1.91 bits per heavy atom. The number of ether oxygens (including phenoxy) is 1. The first-order valence-corrected chi connectivity index (χ1v) is 11.6. The van der Waals surface area contributed by atoms with Crippen molar-refractivity contribution in [3.8, 4) is 0 Å². The van der Waals surface area contributed by atoms with Gasteiger partial charge < -0.3 is 15.0 Å². The van der Waals surface area contributed by atoms with Crippen LogP contribution in [0, 0.1) is 0 Å². The Balaban J connectivity index is 1.66. The second-order valence-corrected chi connectivity index (χ2v) is 8.83. The molecule has 0 radical (unpaired) electrons. The summed E-state index contributed by atoms with van der Waals surface area (Å²) < 4.78 is 5.34. The van der Waals surface area contributed by atoms with Gasteiger partial charge in [0, 0.05) is 34.7 Å². The first-order valence-electron chi connectivity index (χ1n) is 11.2. The predicted octanol–water partition coefficient (Wildman–Crippen LogP) is 4.59. The van der Waals surface area contributed by atoms with Crippen molar-refractivity contribution in [2.24, 2.45) is 0 Å². The largest absolute Gasteiger partial charge is 0.463 e. The van der Waals surface area contributed by atoms with Crippen LogP contribution in [-0.2, 0) is 20.9 Å². The van der Waals surface area contributed by atoms with Gasteiger partial charge in [0.15, 0.2) is 0 Å². The third-order valence-electron chi connectivity index (χ3n) is 6.04. The number of carbonyl (C=O) groups is 3. The van der Waals surface area contributed by atoms with Gasteiger partial charge in [-0.15, -0.1) is 0 Å². The fourth-order valence-electron chi connectivity index (χ4n) is 4.19. The molecule has 33 heavy (non-hydrogen) atoms. The number of amides is 2. The van der Waals surface area contributed by atoms with Gasteiger partial charge in [0.2, 0.25) is 5.91 Å². The van der Waals surface area contributed by atoms with Crippen LogP contribution in [0.4, 0.5) is 0 Å².